The first-order valence-electron chi connectivity index (χ1n) is 7.10. The minimum absolute atomic E-state index is 0.212. The average Bonchev–Trinajstić information content (AvgIpc) is 2.61. The number of H-pyrrole nitrogens is 1. The molecule has 1 aromatic carbocycles. The van der Waals surface area contributed by atoms with E-state index in [-0.39, 0.29) is 23.2 Å². The molecule has 7 nitrogen and oxygen atoms in total. The van der Waals surface area contributed by atoms with Gasteiger partial charge in [0.15, 0.2) is 5.69 Å². The minimum Gasteiger partial charge on any atom is -0.332 e. The molecule has 2 heterocycles. The number of carbonyl (C=O) groups is 1. The maximum Gasteiger partial charge on any atom is 0.275 e. The van der Waals surface area contributed by atoms with Gasteiger partial charge in [0.25, 0.3) is 11.5 Å². The van der Waals surface area contributed by atoms with Gasteiger partial charge >= 0.3 is 0 Å². The Kier molecular flexibility index (Phi) is 3.84. The van der Waals surface area contributed by atoms with Gasteiger partial charge in [0.1, 0.15) is 6.33 Å². The van der Waals surface area contributed by atoms with Crippen LogP contribution in [0.25, 0.3) is 10.8 Å². The van der Waals surface area contributed by atoms with E-state index >= 15 is 0 Å². The van der Waals surface area contributed by atoms with Crippen molar-refractivity contribution in [3.8, 4) is 0 Å². The zero-order chi connectivity index (χ0) is 16.4. The van der Waals surface area contributed by atoms with E-state index in [9.17, 15) is 9.59 Å². The Morgan fingerprint density at radius 1 is 1.22 bits per heavy atom. The second-order valence-electron chi connectivity index (χ2n) is 5.17. The van der Waals surface area contributed by atoms with Crippen molar-refractivity contribution in [3.63, 3.8) is 0 Å². The Hall–Kier alpha value is -3.09. The summed E-state index contributed by atoms with van der Waals surface area (Å²) in [5.74, 6) is -0.288. The van der Waals surface area contributed by atoms with Gasteiger partial charge in [-0.25, -0.2) is 15.1 Å². The summed E-state index contributed by atoms with van der Waals surface area (Å²) in [4.78, 5) is 34.2. The molecule has 1 amide bonds. The predicted octanol–water partition coefficient (Wildman–Crippen LogP) is 1.55. The first-order chi connectivity index (χ1) is 11.1. The van der Waals surface area contributed by atoms with Gasteiger partial charge in [-0.05, 0) is 19.1 Å². The van der Waals surface area contributed by atoms with Crippen molar-refractivity contribution in [2.45, 2.75) is 13.0 Å². The molecule has 7 heteroatoms. The van der Waals surface area contributed by atoms with Crippen molar-refractivity contribution in [2.75, 3.05) is 7.05 Å². The fourth-order valence-electron chi connectivity index (χ4n) is 2.37. The highest BCUT2D eigenvalue weighted by atomic mass is 16.2. The summed E-state index contributed by atoms with van der Waals surface area (Å²) in [6, 6.07) is 8.41. The van der Waals surface area contributed by atoms with Crippen LogP contribution in [0, 0.1) is 0 Å². The molecule has 0 bridgehead atoms. The van der Waals surface area contributed by atoms with Crippen LogP contribution >= 0.6 is 0 Å². The highest BCUT2D eigenvalue weighted by Gasteiger charge is 2.23. The fraction of sp³-hybridized carbons (Fsp3) is 0.188. The number of nitrogens with zero attached hydrogens (tertiary/aromatic N) is 4. The molecule has 1 N–H and O–H groups in total. The third-order valence-corrected chi connectivity index (χ3v) is 3.83. The normalized spacial score (nSPS) is 12.1. The van der Waals surface area contributed by atoms with Gasteiger partial charge in [0.05, 0.1) is 17.1 Å². The Labute approximate surface area is 132 Å². The number of benzene rings is 1. The quantitative estimate of drug-likeness (QED) is 0.792. The van der Waals surface area contributed by atoms with Gasteiger partial charge in [-0.15, -0.1) is 0 Å². The number of fused-ring (bicyclic) bond motifs is 1. The van der Waals surface area contributed by atoms with E-state index in [2.05, 4.69) is 20.2 Å². The number of carbonyl (C=O) groups excluding carboxylic acids is 1. The summed E-state index contributed by atoms with van der Waals surface area (Å²) < 4.78 is 0. The maximum absolute atomic E-state index is 12.8. The molecule has 116 valence electrons. The van der Waals surface area contributed by atoms with Crippen LogP contribution in [0.3, 0.4) is 0 Å². The van der Waals surface area contributed by atoms with E-state index in [1.54, 1.807) is 43.6 Å². The molecule has 3 aromatic rings. The number of aromatic nitrogens is 4. The first-order valence-corrected chi connectivity index (χ1v) is 7.10. The largest absolute Gasteiger partial charge is 0.332 e. The molecule has 0 aliphatic rings. The van der Waals surface area contributed by atoms with Gasteiger partial charge in [0, 0.05) is 18.6 Å². The smallest absolute Gasteiger partial charge is 0.275 e. The van der Waals surface area contributed by atoms with Crippen LogP contribution in [0.5, 0.6) is 0 Å². The molecule has 0 fully saturated rings. The third kappa shape index (κ3) is 2.68. The molecule has 0 saturated carbocycles. The van der Waals surface area contributed by atoms with Gasteiger partial charge in [-0.3, -0.25) is 9.59 Å². The van der Waals surface area contributed by atoms with Crippen LogP contribution < -0.4 is 5.56 Å². The lowest BCUT2D eigenvalue weighted by molar-refractivity contribution is 0.0734. The predicted molar refractivity (Wildman–Crippen MR) is 84.9 cm³/mol. The van der Waals surface area contributed by atoms with Crippen molar-refractivity contribution in [1.82, 2.24) is 25.1 Å². The lowest BCUT2D eigenvalue weighted by atomic mass is 10.1. The highest BCUT2D eigenvalue weighted by molar-refractivity contribution is 6.04. The Bertz CT molecular complexity index is 907. The highest BCUT2D eigenvalue weighted by Crippen LogP contribution is 2.20. The van der Waals surface area contributed by atoms with E-state index in [0.717, 1.165) is 5.69 Å². The fourth-order valence-corrected chi connectivity index (χ4v) is 2.37. The van der Waals surface area contributed by atoms with Crippen LogP contribution in [0.15, 0.2) is 47.7 Å². The number of hydrogen-bond donors (Lipinski definition) is 1. The second kappa shape index (κ2) is 5.96. The molecule has 23 heavy (non-hydrogen) atoms. The first kappa shape index (κ1) is 14.8. The van der Waals surface area contributed by atoms with Crippen LogP contribution in [0.2, 0.25) is 0 Å². The van der Waals surface area contributed by atoms with E-state index in [1.807, 2.05) is 6.92 Å². The molecule has 1 atom stereocenters. The summed E-state index contributed by atoms with van der Waals surface area (Å²) in [6.45, 7) is 1.87. The van der Waals surface area contributed by atoms with E-state index in [1.165, 1.54) is 11.2 Å². The van der Waals surface area contributed by atoms with E-state index < -0.39 is 0 Å². The minimum atomic E-state index is -0.316. The number of amides is 1. The van der Waals surface area contributed by atoms with Crippen LogP contribution in [0.4, 0.5) is 0 Å². The van der Waals surface area contributed by atoms with Crippen molar-refractivity contribution in [1.29, 1.82) is 0 Å². The second-order valence-corrected chi connectivity index (χ2v) is 5.17. The number of aromatic amines is 1. The van der Waals surface area contributed by atoms with Gasteiger partial charge in [0.2, 0.25) is 0 Å². The molecule has 0 aliphatic heterocycles. The van der Waals surface area contributed by atoms with Crippen molar-refractivity contribution < 1.29 is 4.79 Å². The van der Waals surface area contributed by atoms with Gasteiger partial charge in [-0.2, -0.15) is 5.10 Å². The average molecular weight is 309 g/mol. The Balaban J connectivity index is 2.01. The van der Waals surface area contributed by atoms with Crippen molar-refractivity contribution in [3.05, 3.63) is 64.6 Å². The van der Waals surface area contributed by atoms with Crippen molar-refractivity contribution >= 4 is 16.7 Å². The molecule has 0 saturated heterocycles. The standard InChI is InChI=1S/C16H15N5O2/c1-10(13-7-8-17-9-18-13)21(2)16(23)14-11-5-3-4-6-12(11)15(22)20-19-14/h3-10H,1-2H3,(H,20,22)/t10-/m0/s1. The van der Waals surface area contributed by atoms with Crippen molar-refractivity contribution in [2.24, 2.45) is 0 Å². The zero-order valence-corrected chi connectivity index (χ0v) is 12.7. The summed E-state index contributed by atoms with van der Waals surface area (Å²) in [5, 5.41) is 7.29. The summed E-state index contributed by atoms with van der Waals surface area (Å²) in [6.07, 6.45) is 3.07. The summed E-state index contributed by atoms with van der Waals surface area (Å²) in [7, 11) is 1.68. The number of nitrogens with one attached hydrogen (secondary N) is 1. The number of hydrogen-bond acceptors (Lipinski definition) is 5. The van der Waals surface area contributed by atoms with E-state index in [4.69, 9.17) is 0 Å². The van der Waals surface area contributed by atoms with Gasteiger partial charge in [-0.1, -0.05) is 18.2 Å². The molecule has 0 aliphatic carbocycles. The molecule has 0 spiro atoms. The number of rotatable bonds is 3. The van der Waals surface area contributed by atoms with Crippen LogP contribution in [-0.2, 0) is 0 Å². The molecule has 0 radical (unpaired) electrons. The molecular weight excluding hydrogens is 294 g/mol. The van der Waals surface area contributed by atoms with E-state index in [0.29, 0.717) is 10.8 Å². The Morgan fingerprint density at radius 2 is 1.96 bits per heavy atom. The molecule has 0 unspecified atom stereocenters. The maximum atomic E-state index is 12.8. The van der Waals surface area contributed by atoms with Crippen LogP contribution in [-0.4, -0.2) is 38.0 Å². The SMILES string of the molecule is C[C@@H](c1ccncn1)N(C)C(=O)c1n[nH]c(=O)c2ccccc12. The summed E-state index contributed by atoms with van der Waals surface area (Å²) in [5.41, 5.74) is 0.622. The third-order valence-electron chi connectivity index (χ3n) is 3.83. The molecule has 3 rings (SSSR count). The van der Waals surface area contributed by atoms with Crippen LogP contribution in [0.1, 0.15) is 29.1 Å². The summed E-state index contributed by atoms with van der Waals surface area (Å²) >= 11 is 0. The van der Waals surface area contributed by atoms with Gasteiger partial charge < -0.3 is 4.90 Å². The lowest BCUT2D eigenvalue weighted by Gasteiger charge is -2.24. The molecule has 2 aromatic heterocycles. The zero-order valence-electron chi connectivity index (χ0n) is 12.7. The lowest BCUT2D eigenvalue weighted by Crippen LogP contribution is -2.32. The monoisotopic (exact) mass is 309 g/mol. The Morgan fingerprint density at radius 3 is 2.65 bits per heavy atom. The topological polar surface area (TPSA) is 91.8 Å². The molecular formula is C16H15N5O2.